The van der Waals surface area contributed by atoms with Crippen LogP contribution in [-0.2, 0) is 20.6 Å². The van der Waals surface area contributed by atoms with Gasteiger partial charge in [0.15, 0.2) is 0 Å². The zero-order valence-electron chi connectivity index (χ0n) is 13.3. The molecular formula is C15H27N3O2. The van der Waals surface area contributed by atoms with Crippen LogP contribution in [0.15, 0.2) is 15.7 Å². The first-order valence-corrected chi connectivity index (χ1v) is 7.38. The molecule has 1 aromatic heterocycles. The highest BCUT2D eigenvalue weighted by atomic mass is 16.2. The smallest absolute Gasteiger partial charge is 0.299 e. The van der Waals surface area contributed by atoms with Crippen molar-refractivity contribution in [3.05, 3.63) is 32.6 Å². The molecule has 0 fully saturated rings. The van der Waals surface area contributed by atoms with Gasteiger partial charge < -0.3 is 0 Å². The van der Waals surface area contributed by atoms with Gasteiger partial charge in [0, 0.05) is 38.4 Å². The lowest BCUT2D eigenvalue weighted by Gasteiger charge is -2.27. The molecule has 0 saturated heterocycles. The van der Waals surface area contributed by atoms with E-state index in [2.05, 4.69) is 25.7 Å². The molecule has 1 aromatic rings. The second kappa shape index (κ2) is 7.43. The summed E-state index contributed by atoms with van der Waals surface area (Å²) in [7, 11) is 3.23. The van der Waals surface area contributed by atoms with Crippen LogP contribution in [0.5, 0.6) is 0 Å². The quantitative estimate of drug-likeness (QED) is 0.711. The van der Waals surface area contributed by atoms with Crippen LogP contribution in [0.2, 0.25) is 0 Å². The summed E-state index contributed by atoms with van der Waals surface area (Å²) in [4.78, 5) is 26.0. The molecule has 0 saturated carbocycles. The number of rotatable bonds is 7. The van der Waals surface area contributed by atoms with Crippen molar-refractivity contribution < 1.29 is 0 Å². The molecule has 0 radical (unpaired) electrons. The summed E-state index contributed by atoms with van der Waals surface area (Å²) in [5.74, 6) is 0. The third-order valence-electron chi connectivity index (χ3n) is 3.77. The maximum Gasteiger partial charge on any atom is 0.330 e. The van der Waals surface area contributed by atoms with Gasteiger partial charge in [0.25, 0.3) is 5.56 Å². The molecule has 0 aliphatic rings. The largest absolute Gasteiger partial charge is 0.330 e. The fraction of sp³-hybridized carbons (Fsp3) is 0.733. The number of aromatic nitrogens is 2. The Kier molecular flexibility index (Phi) is 6.20. The first-order valence-electron chi connectivity index (χ1n) is 7.38. The SMILES string of the molecule is CCCCCN(Cc1cc(=O)n(C)c(=O)n1C)C(C)C. The van der Waals surface area contributed by atoms with Crippen LogP contribution in [0, 0.1) is 0 Å². The van der Waals surface area contributed by atoms with Gasteiger partial charge >= 0.3 is 5.69 Å². The van der Waals surface area contributed by atoms with Gasteiger partial charge in [0.2, 0.25) is 0 Å². The molecule has 5 heteroatoms. The van der Waals surface area contributed by atoms with E-state index in [0.29, 0.717) is 12.6 Å². The van der Waals surface area contributed by atoms with Crippen molar-refractivity contribution in [1.82, 2.24) is 14.0 Å². The van der Waals surface area contributed by atoms with Crippen molar-refractivity contribution in [2.24, 2.45) is 14.1 Å². The number of hydrogen-bond donors (Lipinski definition) is 0. The van der Waals surface area contributed by atoms with Crippen LogP contribution in [0.1, 0.15) is 45.7 Å². The minimum absolute atomic E-state index is 0.236. The summed E-state index contributed by atoms with van der Waals surface area (Å²) in [6, 6.07) is 1.96. The summed E-state index contributed by atoms with van der Waals surface area (Å²) in [6.45, 7) is 8.11. The molecule has 0 unspecified atom stereocenters. The normalized spacial score (nSPS) is 11.6. The maximum absolute atomic E-state index is 11.9. The van der Waals surface area contributed by atoms with Crippen LogP contribution < -0.4 is 11.2 Å². The van der Waals surface area contributed by atoms with Gasteiger partial charge in [-0.2, -0.15) is 0 Å². The average Bonchev–Trinajstić information content (AvgIpc) is 2.40. The predicted molar refractivity (Wildman–Crippen MR) is 82.0 cm³/mol. The van der Waals surface area contributed by atoms with Crippen molar-refractivity contribution >= 4 is 0 Å². The van der Waals surface area contributed by atoms with E-state index in [1.165, 1.54) is 19.9 Å². The molecule has 20 heavy (non-hydrogen) atoms. The molecule has 5 nitrogen and oxygen atoms in total. The molecule has 114 valence electrons. The number of nitrogens with zero attached hydrogens (tertiary/aromatic N) is 3. The average molecular weight is 281 g/mol. The number of hydrogen-bond acceptors (Lipinski definition) is 3. The van der Waals surface area contributed by atoms with Gasteiger partial charge in [-0.05, 0) is 26.8 Å². The predicted octanol–water partition coefficient (Wildman–Crippen LogP) is 1.48. The summed E-state index contributed by atoms with van der Waals surface area (Å²) in [5.41, 5.74) is 0.286. The summed E-state index contributed by atoms with van der Waals surface area (Å²) < 4.78 is 2.71. The fourth-order valence-corrected chi connectivity index (χ4v) is 2.22. The Bertz CT molecular complexity index is 543. The standard InChI is InChI=1S/C15H27N3O2/c1-6-7-8-9-18(12(2)3)11-13-10-14(19)17(5)15(20)16(13)4/h10,12H,6-9,11H2,1-5H3. The highest BCUT2D eigenvalue weighted by Gasteiger charge is 2.13. The highest BCUT2D eigenvalue weighted by Crippen LogP contribution is 2.08. The van der Waals surface area contributed by atoms with E-state index in [-0.39, 0.29) is 11.2 Å². The topological polar surface area (TPSA) is 47.2 Å². The molecule has 0 N–H and O–H groups in total. The zero-order chi connectivity index (χ0) is 15.3. The van der Waals surface area contributed by atoms with E-state index in [4.69, 9.17) is 0 Å². The van der Waals surface area contributed by atoms with Gasteiger partial charge in [-0.15, -0.1) is 0 Å². The Morgan fingerprint density at radius 3 is 2.35 bits per heavy atom. The van der Waals surface area contributed by atoms with Gasteiger partial charge in [-0.3, -0.25) is 18.8 Å². The molecule has 1 rings (SSSR count). The Morgan fingerprint density at radius 1 is 1.15 bits per heavy atom. The summed E-state index contributed by atoms with van der Waals surface area (Å²) in [5, 5.41) is 0. The van der Waals surface area contributed by atoms with Gasteiger partial charge in [-0.25, -0.2) is 4.79 Å². The lowest BCUT2D eigenvalue weighted by Crippen LogP contribution is -2.40. The van der Waals surface area contributed by atoms with Crippen LogP contribution in [0.25, 0.3) is 0 Å². The second-order valence-corrected chi connectivity index (χ2v) is 5.65. The van der Waals surface area contributed by atoms with Crippen molar-refractivity contribution in [3.63, 3.8) is 0 Å². The third kappa shape index (κ3) is 4.07. The van der Waals surface area contributed by atoms with Crippen LogP contribution in [0.4, 0.5) is 0 Å². The maximum atomic E-state index is 11.9. The van der Waals surface area contributed by atoms with Gasteiger partial charge in [0.05, 0.1) is 0 Å². The number of unbranched alkanes of at least 4 members (excludes halogenated alkanes) is 2. The Morgan fingerprint density at radius 2 is 1.80 bits per heavy atom. The highest BCUT2D eigenvalue weighted by molar-refractivity contribution is 5.02. The molecule has 0 atom stereocenters. The first-order chi connectivity index (χ1) is 9.38. The van der Waals surface area contributed by atoms with Crippen LogP contribution in [0.3, 0.4) is 0 Å². The lowest BCUT2D eigenvalue weighted by molar-refractivity contribution is 0.203. The van der Waals surface area contributed by atoms with Crippen molar-refractivity contribution in [2.45, 2.75) is 52.6 Å². The molecule has 0 aliphatic heterocycles. The van der Waals surface area contributed by atoms with Gasteiger partial charge in [0.1, 0.15) is 0 Å². The molecule has 0 bridgehead atoms. The summed E-state index contributed by atoms with van der Waals surface area (Å²) in [6.07, 6.45) is 3.54. The second-order valence-electron chi connectivity index (χ2n) is 5.65. The molecule has 0 amide bonds. The fourth-order valence-electron chi connectivity index (χ4n) is 2.22. The van der Waals surface area contributed by atoms with E-state index in [0.717, 1.165) is 23.2 Å². The van der Waals surface area contributed by atoms with Gasteiger partial charge in [-0.1, -0.05) is 19.8 Å². The van der Waals surface area contributed by atoms with Crippen molar-refractivity contribution in [3.8, 4) is 0 Å². The van der Waals surface area contributed by atoms with E-state index < -0.39 is 0 Å². The van der Waals surface area contributed by atoms with E-state index >= 15 is 0 Å². The van der Waals surface area contributed by atoms with Crippen LogP contribution >= 0.6 is 0 Å². The van der Waals surface area contributed by atoms with Crippen LogP contribution in [-0.4, -0.2) is 26.6 Å². The monoisotopic (exact) mass is 281 g/mol. The van der Waals surface area contributed by atoms with E-state index in [9.17, 15) is 9.59 Å². The Balaban J connectivity index is 2.94. The molecular weight excluding hydrogens is 254 g/mol. The first kappa shape index (κ1) is 16.7. The van der Waals surface area contributed by atoms with Crippen molar-refractivity contribution in [1.29, 1.82) is 0 Å². The Labute approximate surface area is 120 Å². The Hall–Kier alpha value is -1.36. The molecule has 0 aliphatic carbocycles. The zero-order valence-corrected chi connectivity index (χ0v) is 13.3. The van der Waals surface area contributed by atoms with E-state index in [1.807, 2.05) is 0 Å². The van der Waals surface area contributed by atoms with E-state index in [1.54, 1.807) is 17.7 Å². The third-order valence-corrected chi connectivity index (χ3v) is 3.77. The van der Waals surface area contributed by atoms with Crippen molar-refractivity contribution in [2.75, 3.05) is 6.54 Å². The minimum atomic E-state index is -0.259. The molecule has 1 heterocycles. The lowest BCUT2D eigenvalue weighted by atomic mass is 10.2. The minimum Gasteiger partial charge on any atom is -0.299 e. The molecule has 0 spiro atoms. The molecule has 0 aromatic carbocycles. The summed E-state index contributed by atoms with van der Waals surface area (Å²) >= 11 is 0.